The van der Waals surface area contributed by atoms with Gasteiger partial charge in [-0.15, -0.1) is 0 Å². The van der Waals surface area contributed by atoms with E-state index in [0.29, 0.717) is 36.4 Å². The molecular weight excluding hydrogens is 234 g/mol. The van der Waals surface area contributed by atoms with Crippen molar-refractivity contribution in [2.45, 2.75) is 19.4 Å². The topological polar surface area (TPSA) is 77.2 Å². The number of aliphatic hydroxyl groups excluding tert-OH is 1. The van der Waals surface area contributed by atoms with Gasteiger partial charge in [0.25, 0.3) is 5.56 Å². The summed E-state index contributed by atoms with van der Waals surface area (Å²) in [4.78, 5) is 20.1. The van der Waals surface area contributed by atoms with Gasteiger partial charge >= 0.3 is 0 Å². The van der Waals surface area contributed by atoms with E-state index >= 15 is 0 Å². The summed E-state index contributed by atoms with van der Waals surface area (Å²) >= 11 is 0. The summed E-state index contributed by atoms with van der Waals surface area (Å²) in [6.45, 7) is 0.632. The quantitative estimate of drug-likeness (QED) is 0.784. The van der Waals surface area contributed by atoms with Gasteiger partial charge < -0.3 is 9.84 Å². The molecule has 6 nitrogen and oxygen atoms in total. The number of pyridine rings is 1. The normalized spacial score (nSPS) is 10.8. The van der Waals surface area contributed by atoms with Gasteiger partial charge in [-0.2, -0.15) is 4.98 Å². The van der Waals surface area contributed by atoms with Gasteiger partial charge in [0.2, 0.25) is 5.88 Å². The molecule has 0 aliphatic rings. The third-order valence-corrected chi connectivity index (χ3v) is 2.66. The second-order valence-electron chi connectivity index (χ2n) is 3.88. The first kappa shape index (κ1) is 12.5. The molecule has 0 bridgehead atoms. The Kier molecular flexibility index (Phi) is 3.88. The van der Waals surface area contributed by atoms with Crippen LogP contribution in [0.5, 0.6) is 5.88 Å². The maximum absolute atomic E-state index is 11.8. The van der Waals surface area contributed by atoms with E-state index in [1.807, 2.05) is 0 Å². The first-order chi connectivity index (χ1) is 8.76. The number of ether oxygens (including phenoxy) is 1. The lowest BCUT2D eigenvalue weighted by atomic mass is 10.3. The van der Waals surface area contributed by atoms with E-state index in [1.165, 1.54) is 13.3 Å². The fourth-order valence-corrected chi connectivity index (χ4v) is 1.73. The number of aromatic nitrogens is 3. The fraction of sp³-hybridized carbons (Fsp3) is 0.417. The first-order valence-electron chi connectivity index (χ1n) is 5.77. The lowest BCUT2D eigenvalue weighted by Gasteiger charge is -2.08. The van der Waals surface area contributed by atoms with Gasteiger partial charge in [0.1, 0.15) is 5.52 Å². The lowest BCUT2D eigenvalue weighted by molar-refractivity contribution is 0.281. The van der Waals surface area contributed by atoms with Crippen molar-refractivity contribution in [1.29, 1.82) is 0 Å². The van der Waals surface area contributed by atoms with Crippen molar-refractivity contribution in [3.63, 3.8) is 0 Å². The zero-order valence-corrected chi connectivity index (χ0v) is 10.2. The Hall–Kier alpha value is -1.95. The SMILES string of the molecule is COc1ccc2ncc(=O)n(CCCCO)c2n1. The minimum atomic E-state index is -0.193. The molecule has 0 fully saturated rings. The second-order valence-corrected chi connectivity index (χ2v) is 3.88. The number of methoxy groups -OCH3 is 1. The van der Waals surface area contributed by atoms with Crippen LogP contribution in [0.2, 0.25) is 0 Å². The van der Waals surface area contributed by atoms with E-state index in [2.05, 4.69) is 9.97 Å². The largest absolute Gasteiger partial charge is 0.481 e. The van der Waals surface area contributed by atoms with E-state index in [4.69, 9.17) is 9.84 Å². The Bertz CT molecular complexity index is 595. The summed E-state index contributed by atoms with van der Waals surface area (Å²) in [6, 6.07) is 3.47. The van der Waals surface area contributed by atoms with Crippen LogP contribution in [0.25, 0.3) is 11.2 Å². The molecule has 2 heterocycles. The smallest absolute Gasteiger partial charge is 0.270 e. The molecule has 0 amide bonds. The molecule has 0 unspecified atom stereocenters. The van der Waals surface area contributed by atoms with Gasteiger partial charge in [-0.3, -0.25) is 9.36 Å². The third-order valence-electron chi connectivity index (χ3n) is 2.66. The minimum absolute atomic E-state index is 0.120. The number of hydrogen-bond acceptors (Lipinski definition) is 5. The predicted molar refractivity (Wildman–Crippen MR) is 66.7 cm³/mol. The van der Waals surface area contributed by atoms with Gasteiger partial charge in [0, 0.05) is 19.2 Å². The number of nitrogens with zero attached hydrogens (tertiary/aromatic N) is 3. The molecule has 0 aromatic carbocycles. The molecule has 1 N–H and O–H groups in total. The van der Waals surface area contributed by atoms with Crippen LogP contribution in [0.1, 0.15) is 12.8 Å². The highest BCUT2D eigenvalue weighted by atomic mass is 16.5. The summed E-state index contributed by atoms with van der Waals surface area (Å²) < 4.78 is 6.60. The number of hydrogen-bond donors (Lipinski definition) is 1. The van der Waals surface area contributed by atoms with Gasteiger partial charge in [-0.1, -0.05) is 0 Å². The Morgan fingerprint density at radius 3 is 2.94 bits per heavy atom. The third kappa shape index (κ3) is 2.48. The van der Waals surface area contributed by atoms with E-state index < -0.39 is 0 Å². The van der Waals surface area contributed by atoms with Crippen molar-refractivity contribution < 1.29 is 9.84 Å². The highest BCUT2D eigenvalue weighted by Crippen LogP contribution is 2.13. The highest BCUT2D eigenvalue weighted by molar-refractivity contribution is 5.70. The Labute approximate surface area is 104 Å². The van der Waals surface area contributed by atoms with Crippen molar-refractivity contribution in [1.82, 2.24) is 14.5 Å². The summed E-state index contributed by atoms with van der Waals surface area (Å²) in [7, 11) is 1.53. The van der Waals surface area contributed by atoms with Crippen molar-refractivity contribution >= 4 is 11.2 Å². The zero-order chi connectivity index (χ0) is 13.0. The number of unbranched alkanes of at least 4 members (excludes halogenated alkanes) is 1. The second kappa shape index (κ2) is 5.59. The van der Waals surface area contributed by atoms with Crippen molar-refractivity contribution in [3.8, 4) is 5.88 Å². The highest BCUT2D eigenvalue weighted by Gasteiger charge is 2.06. The van der Waals surface area contributed by atoms with Crippen LogP contribution < -0.4 is 10.3 Å². The lowest BCUT2D eigenvalue weighted by Crippen LogP contribution is -2.21. The number of fused-ring (bicyclic) bond motifs is 1. The molecular formula is C12H15N3O3. The molecule has 0 spiro atoms. The molecule has 2 rings (SSSR count). The molecule has 18 heavy (non-hydrogen) atoms. The predicted octanol–water partition coefficient (Wildman–Crippen LogP) is 0.573. The summed E-state index contributed by atoms with van der Waals surface area (Å²) in [5, 5.41) is 8.77. The molecule has 0 saturated heterocycles. The van der Waals surface area contributed by atoms with Gasteiger partial charge in [-0.05, 0) is 18.9 Å². The van der Waals surface area contributed by atoms with Crippen LogP contribution in [0, 0.1) is 0 Å². The van der Waals surface area contributed by atoms with Crippen molar-refractivity contribution in [2.24, 2.45) is 0 Å². The van der Waals surface area contributed by atoms with Gasteiger partial charge in [-0.25, -0.2) is 4.98 Å². The summed E-state index contributed by atoms with van der Waals surface area (Å²) in [5.41, 5.74) is 0.973. The summed E-state index contributed by atoms with van der Waals surface area (Å²) in [6.07, 6.45) is 2.66. The molecule has 6 heteroatoms. The van der Waals surface area contributed by atoms with Crippen molar-refractivity contribution in [2.75, 3.05) is 13.7 Å². The fourth-order valence-electron chi connectivity index (χ4n) is 1.73. The van der Waals surface area contributed by atoms with Gasteiger partial charge in [0.15, 0.2) is 5.65 Å². The Morgan fingerprint density at radius 1 is 1.39 bits per heavy atom. The van der Waals surface area contributed by atoms with E-state index in [-0.39, 0.29) is 12.2 Å². The van der Waals surface area contributed by atoms with Crippen LogP contribution in [-0.4, -0.2) is 33.4 Å². The summed E-state index contributed by atoms with van der Waals surface area (Å²) in [5.74, 6) is 0.450. The van der Waals surface area contributed by atoms with Crippen molar-refractivity contribution in [3.05, 3.63) is 28.7 Å². The standard InChI is InChI=1S/C12H15N3O3/c1-18-10-5-4-9-12(14-10)15(6-2-3-7-16)11(17)8-13-9/h4-5,8,16H,2-3,6-7H2,1H3. The monoisotopic (exact) mass is 249 g/mol. The van der Waals surface area contributed by atoms with Crippen LogP contribution in [0.3, 0.4) is 0 Å². The maximum Gasteiger partial charge on any atom is 0.270 e. The molecule has 2 aromatic heterocycles. The van der Waals surface area contributed by atoms with E-state index in [0.717, 1.165) is 0 Å². The molecule has 0 atom stereocenters. The van der Waals surface area contributed by atoms with Crippen LogP contribution in [0.4, 0.5) is 0 Å². The Morgan fingerprint density at radius 2 is 2.22 bits per heavy atom. The first-order valence-corrected chi connectivity index (χ1v) is 5.77. The van der Waals surface area contributed by atoms with Gasteiger partial charge in [0.05, 0.1) is 13.3 Å². The molecule has 0 aliphatic carbocycles. The average molecular weight is 249 g/mol. The molecule has 96 valence electrons. The van der Waals surface area contributed by atoms with E-state index in [9.17, 15) is 4.79 Å². The van der Waals surface area contributed by atoms with E-state index in [1.54, 1.807) is 16.7 Å². The zero-order valence-electron chi connectivity index (χ0n) is 10.2. The number of aliphatic hydroxyl groups is 1. The van der Waals surface area contributed by atoms with Crippen LogP contribution >= 0.6 is 0 Å². The molecule has 0 saturated carbocycles. The Balaban J connectivity index is 2.47. The minimum Gasteiger partial charge on any atom is -0.481 e. The number of aryl methyl sites for hydroxylation is 1. The molecule has 0 aliphatic heterocycles. The maximum atomic E-state index is 11.8. The molecule has 2 aromatic rings. The molecule has 0 radical (unpaired) electrons. The van der Waals surface area contributed by atoms with Crippen LogP contribution in [0.15, 0.2) is 23.1 Å². The van der Waals surface area contributed by atoms with Crippen LogP contribution in [-0.2, 0) is 6.54 Å². The average Bonchev–Trinajstić information content (AvgIpc) is 2.41. The number of rotatable bonds is 5.